The fourth-order valence-electron chi connectivity index (χ4n) is 3.02. The van der Waals surface area contributed by atoms with Crippen LogP contribution in [-0.4, -0.2) is 11.1 Å². The van der Waals surface area contributed by atoms with E-state index < -0.39 is 5.97 Å². The summed E-state index contributed by atoms with van der Waals surface area (Å²) in [5.74, 6) is 0.559. The molecule has 1 N–H and O–H groups in total. The van der Waals surface area contributed by atoms with Crippen molar-refractivity contribution in [3.05, 3.63) is 88.2 Å². The number of ether oxygens (including phenoxy) is 2. The largest absolute Gasteiger partial charge is 0.486 e. The molecule has 0 spiro atoms. The van der Waals surface area contributed by atoms with Crippen LogP contribution in [-0.2, 0) is 6.61 Å². The van der Waals surface area contributed by atoms with Crippen LogP contribution >= 0.6 is 0 Å². The van der Waals surface area contributed by atoms with Gasteiger partial charge in [0.2, 0.25) is 16.9 Å². The molecule has 0 saturated heterocycles. The first-order valence-electron chi connectivity index (χ1n) is 9.69. The third-order valence-corrected chi connectivity index (χ3v) is 4.74. The Hall–Kier alpha value is -4.00. The molecular weight excluding hydrogens is 400 g/mol. The summed E-state index contributed by atoms with van der Waals surface area (Å²) in [7, 11) is 0. The number of benzene rings is 2. The van der Waals surface area contributed by atoms with Gasteiger partial charge in [-0.2, -0.15) is 0 Å². The van der Waals surface area contributed by atoms with Gasteiger partial charge in [-0.15, -0.1) is 0 Å². The standard InChI is InChI=1S/C24H20O7/c1-14(2)15-3-5-16(6-4-15)30-22-13-29-21-11-17(7-9-19(21)23(22)25)28-12-18-8-10-20(31-18)24(26)27/h3-11,13-14H,12H2,1-2H3,(H,26,27). The quantitative estimate of drug-likeness (QED) is 0.417. The van der Waals surface area contributed by atoms with E-state index in [1.54, 1.807) is 18.2 Å². The molecule has 0 aliphatic heterocycles. The molecule has 2 aromatic heterocycles. The van der Waals surface area contributed by atoms with Crippen molar-refractivity contribution >= 4 is 16.9 Å². The van der Waals surface area contributed by atoms with Gasteiger partial charge >= 0.3 is 5.97 Å². The van der Waals surface area contributed by atoms with E-state index in [1.807, 2.05) is 24.3 Å². The van der Waals surface area contributed by atoms with Gasteiger partial charge in [0.05, 0.1) is 5.39 Å². The minimum atomic E-state index is -1.15. The molecule has 0 atom stereocenters. The van der Waals surface area contributed by atoms with Gasteiger partial charge in [-0.3, -0.25) is 4.79 Å². The topological polar surface area (TPSA) is 99.1 Å². The molecule has 2 heterocycles. The number of hydrogen-bond donors (Lipinski definition) is 1. The lowest BCUT2D eigenvalue weighted by Crippen LogP contribution is -2.05. The summed E-state index contributed by atoms with van der Waals surface area (Å²) in [6, 6.07) is 15.3. The number of aromatic carboxylic acids is 1. The maximum atomic E-state index is 12.8. The Labute approximate surface area is 177 Å². The SMILES string of the molecule is CC(C)c1ccc(Oc2coc3cc(OCc4ccc(C(=O)O)o4)ccc3c2=O)cc1. The molecule has 0 unspecified atom stereocenters. The summed E-state index contributed by atoms with van der Waals surface area (Å²) < 4.78 is 22.1. The molecule has 7 nitrogen and oxygen atoms in total. The molecule has 4 rings (SSSR count). The highest BCUT2D eigenvalue weighted by atomic mass is 16.5. The Morgan fingerprint density at radius 3 is 2.45 bits per heavy atom. The van der Waals surface area contributed by atoms with E-state index in [1.165, 1.54) is 24.0 Å². The van der Waals surface area contributed by atoms with Gasteiger partial charge in [-0.25, -0.2) is 4.79 Å². The summed E-state index contributed by atoms with van der Waals surface area (Å²) >= 11 is 0. The predicted octanol–water partition coefficient (Wildman–Crippen LogP) is 5.58. The van der Waals surface area contributed by atoms with E-state index in [-0.39, 0.29) is 23.5 Å². The van der Waals surface area contributed by atoms with Crippen LogP contribution in [0.1, 0.15) is 41.6 Å². The average Bonchev–Trinajstić information content (AvgIpc) is 3.24. The van der Waals surface area contributed by atoms with Gasteiger partial charge in [-0.1, -0.05) is 26.0 Å². The molecule has 0 fully saturated rings. The molecule has 0 aliphatic rings. The second kappa shape index (κ2) is 8.39. The Bertz CT molecular complexity index is 1280. The molecular formula is C24H20O7. The van der Waals surface area contributed by atoms with E-state index >= 15 is 0 Å². The van der Waals surface area contributed by atoms with E-state index in [4.69, 9.17) is 23.4 Å². The van der Waals surface area contributed by atoms with Crippen LogP contribution in [0.15, 0.2) is 74.5 Å². The second-order valence-corrected chi connectivity index (χ2v) is 7.27. The number of rotatable bonds is 7. The monoisotopic (exact) mass is 420 g/mol. The predicted molar refractivity (Wildman–Crippen MR) is 113 cm³/mol. The van der Waals surface area contributed by atoms with Gasteiger partial charge in [0.15, 0.2) is 0 Å². The number of carbonyl (C=O) groups is 1. The van der Waals surface area contributed by atoms with E-state index in [0.717, 1.165) is 0 Å². The van der Waals surface area contributed by atoms with Crippen molar-refractivity contribution in [1.29, 1.82) is 0 Å². The average molecular weight is 420 g/mol. The summed E-state index contributed by atoms with van der Waals surface area (Å²) in [4.78, 5) is 23.6. The third kappa shape index (κ3) is 4.45. The van der Waals surface area contributed by atoms with Gasteiger partial charge < -0.3 is 23.4 Å². The molecule has 0 saturated carbocycles. The Kier molecular flexibility index (Phi) is 5.49. The van der Waals surface area contributed by atoms with Crippen LogP contribution < -0.4 is 14.9 Å². The zero-order valence-electron chi connectivity index (χ0n) is 17.0. The van der Waals surface area contributed by atoms with Crippen molar-refractivity contribution in [3.8, 4) is 17.2 Å². The molecule has 4 aromatic rings. The lowest BCUT2D eigenvalue weighted by Gasteiger charge is -2.09. The highest BCUT2D eigenvalue weighted by Crippen LogP contribution is 2.26. The maximum Gasteiger partial charge on any atom is 0.371 e. The second-order valence-electron chi connectivity index (χ2n) is 7.27. The van der Waals surface area contributed by atoms with Gasteiger partial charge in [-0.05, 0) is 47.9 Å². The molecule has 0 amide bonds. The molecule has 0 radical (unpaired) electrons. The van der Waals surface area contributed by atoms with E-state index in [2.05, 4.69) is 13.8 Å². The van der Waals surface area contributed by atoms with Crippen LogP contribution in [0.25, 0.3) is 11.0 Å². The van der Waals surface area contributed by atoms with Crippen molar-refractivity contribution in [3.63, 3.8) is 0 Å². The van der Waals surface area contributed by atoms with Crippen LogP contribution in [0.2, 0.25) is 0 Å². The molecule has 158 valence electrons. The molecule has 7 heteroatoms. The maximum absolute atomic E-state index is 12.8. The zero-order chi connectivity index (χ0) is 22.0. The lowest BCUT2D eigenvalue weighted by atomic mass is 10.0. The van der Waals surface area contributed by atoms with Crippen molar-refractivity contribution in [2.45, 2.75) is 26.4 Å². The fraction of sp³-hybridized carbons (Fsp3) is 0.167. The Balaban J connectivity index is 1.50. The lowest BCUT2D eigenvalue weighted by molar-refractivity contribution is 0.0658. The number of hydrogen-bond acceptors (Lipinski definition) is 6. The first kappa shape index (κ1) is 20.3. The minimum absolute atomic E-state index is 0.0383. The zero-order valence-corrected chi connectivity index (χ0v) is 17.0. The first-order chi connectivity index (χ1) is 14.9. The van der Waals surface area contributed by atoms with E-state index in [9.17, 15) is 9.59 Å². The van der Waals surface area contributed by atoms with Gasteiger partial charge in [0.1, 0.15) is 35.7 Å². The first-order valence-corrected chi connectivity index (χ1v) is 9.69. The summed E-state index contributed by atoms with van der Waals surface area (Å²) in [6.07, 6.45) is 1.27. The molecule has 31 heavy (non-hydrogen) atoms. The van der Waals surface area contributed by atoms with Crippen LogP contribution in [0, 0.1) is 0 Å². The van der Waals surface area contributed by atoms with Crippen molar-refractivity contribution in [1.82, 2.24) is 0 Å². The fourth-order valence-corrected chi connectivity index (χ4v) is 3.02. The molecule has 0 aliphatic carbocycles. The van der Waals surface area contributed by atoms with Crippen molar-refractivity contribution in [2.75, 3.05) is 0 Å². The number of carboxylic acid groups (broad SMARTS) is 1. The third-order valence-electron chi connectivity index (χ3n) is 4.74. The van der Waals surface area contributed by atoms with Crippen LogP contribution in [0.5, 0.6) is 17.2 Å². The normalized spacial score (nSPS) is 11.1. The highest BCUT2D eigenvalue weighted by Gasteiger charge is 2.12. The Morgan fingerprint density at radius 2 is 1.77 bits per heavy atom. The van der Waals surface area contributed by atoms with Crippen molar-refractivity contribution < 1.29 is 28.2 Å². The smallest absolute Gasteiger partial charge is 0.371 e. The van der Waals surface area contributed by atoms with Crippen LogP contribution in [0.3, 0.4) is 0 Å². The van der Waals surface area contributed by atoms with Gasteiger partial charge in [0.25, 0.3) is 0 Å². The van der Waals surface area contributed by atoms with Crippen LogP contribution in [0.4, 0.5) is 0 Å². The number of furan rings is 1. The summed E-state index contributed by atoms with van der Waals surface area (Å²) in [5.41, 5.74) is 1.23. The number of fused-ring (bicyclic) bond motifs is 1. The molecule has 0 bridgehead atoms. The molecule has 2 aromatic carbocycles. The Morgan fingerprint density at radius 1 is 1.03 bits per heavy atom. The van der Waals surface area contributed by atoms with Crippen molar-refractivity contribution in [2.24, 2.45) is 0 Å². The minimum Gasteiger partial charge on any atom is -0.486 e. The number of carboxylic acids is 1. The highest BCUT2D eigenvalue weighted by molar-refractivity contribution is 5.84. The summed E-state index contributed by atoms with van der Waals surface area (Å²) in [5, 5.41) is 9.25. The summed E-state index contributed by atoms with van der Waals surface area (Å²) in [6.45, 7) is 4.25. The van der Waals surface area contributed by atoms with E-state index in [0.29, 0.717) is 34.1 Å². The van der Waals surface area contributed by atoms with Gasteiger partial charge in [0, 0.05) is 6.07 Å².